The molecule has 0 aliphatic carbocycles. The molecule has 0 bridgehead atoms. The van der Waals surface area contributed by atoms with Gasteiger partial charge < -0.3 is 14.6 Å². The van der Waals surface area contributed by atoms with Crippen molar-refractivity contribution in [1.29, 1.82) is 0 Å². The summed E-state index contributed by atoms with van der Waals surface area (Å²) in [4.78, 5) is 12.2. The van der Waals surface area contributed by atoms with Crippen LogP contribution in [-0.2, 0) is 16.1 Å². The lowest BCUT2D eigenvalue weighted by molar-refractivity contribution is -0.113. The molecule has 1 atom stereocenters. The van der Waals surface area contributed by atoms with Crippen LogP contribution in [0.1, 0.15) is 18.6 Å². The van der Waals surface area contributed by atoms with Crippen molar-refractivity contribution in [2.75, 3.05) is 17.7 Å². The van der Waals surface area contributed by atoms with Gasteiger partial charge in [0.15, 0.2) is 16.8 Å². The first-order valence-electron chi connectivity index (χ1n) is 9.15. The minimum absolute atomic E-state index is 0.143. The normalized spacial score (nSPS) is 16.4. The highest BCUT2D eigenvalue weighted by Gasteiger charge is 2.22. The lowest BCUT2D eigenvalue weighted by Gasteiger charge is -2.14. The molecule has 0 radical (unpaired) electrons. The van der Waals surface area contributed by atoms with Crippen LogP contribution in [0.4, 0.5) is 5.82 Å². The fourth-order valence-electron chi connectivity index (χ4n) is 3.09. The quantitative estimate of drug-likeness (QED) is 0.610. The van der Waals surface area contributed by atoms with Gasteiger partial charge in [0.2, 0.25) is 5.91 Å². The van der Waals surface area contributed by atoms with Crippen LogP contribution in [-0.4, -0.2) is 44.3 Å². The molecule has 28 heavy (non-hydrogen) atoms. The molecule has 9 heteroatoms. The fourth-order valence-corrected chi connectivity index (χ4v) is 3.83. The highest BCUT2D eigenvalue weighted by molar-refractivity contribution is 7.99. The summed E-state index contributed by atoms with van der Waals surface area (Å²) in [6.45, 7) is 3.23. The van der Waals surface area contributed by atoms with Crippen molar-refractivity contribution < 1.29 is 14.1 Å². The molecule has 1 aliphatic rings. The second-order valence-corrected chi connectivity index (χ2v) is 7.52. The van der Waals surface area contributed by atoms with Crippen LogP contribution >= 0.6 is 11.8 Å². The topological polar surface area (TPSA) is 95.1 Å². The summed E-state index contributed by atoms with van der Waals surface area (Å²) >= 11 is 1.34. The molecule has 1 N–H and O–H groups in total. The molecular weight excluding hydrogens is 378 g/mol. The Kier molecular flexibility index (Phi) is 5.73. The zero-order valence-corrected chi connectivity index (χ0v) is 16.3. The SMILES string of the molecule is Cc1cc(NC(=O)CSc2nnc(-c3ccccc3)n2CC2CCCO2)no1. The number of thioether (sulfide) groups is 1. The van der Waals surface area contributed by atoms with Gasteiger partial charge >= 0.3 is 0 Å². The van der Waals surface area contributed by atoms with Crippen LogP contribution < -0.4 is 5.32 Å². The highest BCUT2D eigenvalue weighted by atomic mass is 32.2. The molecule has 4 rings (SSSR count). The third-order valence-electron chi connectivity index (χ3n) is 4.39. The molecular formula is C19H21N5O3S. The second-order valence-electron chi connectivity index (χ2n) is 6.58. The number of benzene rings is 1. The van der Waals surface area contributed by atoms with Crippen molar-refractivity contribution in [3.8, 4) is 11.4 Å². The van der Waals surface area contributed by atoms with Gasteiger partial charge in [0, 0.05) is 18.2 Å². The van der Waals surface area contributed by atoms with Gasteiger partial charge in [0.1, 0.15) is 5.76 Å². The van der Waals surface area contributed by atoms with E-state index >= 15 is 0 Å². The predicted molar refractivity (Wildman–Crippen MR) is 105 cm³/mol. The zero-order chi connectivity index (χ0) is 19.3. The molecule has 0 saturated carbocycles. The van der Waals surface area contributed by atoms with Gasteiger partial charge in [-0.2, -0.15) is 0 Å². The monoisotopic (exact) mass is 399 g/mol. The number of nitrogens with zero attached hydrogens (tertiary/aromatic N) is 4. The minimum Gasteiger partial charge on any atom is -0.376 e. The van der Waals surface area contributed by atoms with E-state index in [4.69, 9.17) is 9.26 Å². The summed E-state index contributed by atoms with van der Waals surface area (Å²) in [5, 5.41) is 15.9. The van der Waals surface area contributed by atoms with Crippen LogP contribution in [0, 0.1) is 6.92 Å². The first-order valence-corrected chi connectivity index (χ1v) is 10.1. The Bertz CT molecular complexity index is 934. The molecule has 1 unspecified atom stereocenters. The van der Waals surface area contributed by atoms with E-state index in [2.05, 4.69) is 20.7 Å². The third kappa shape index (κ3) is 4.42. The lowest BCUT2D eigenvalue weighted by Crippen LogP contribution is -2.18. The number of hydrogen-bond donors (Lipinski definition) is 1. The number of aryl methyl sites for hydroxylation is 1. The molecule has 1 aromatic carbocycles. The van der Waals surface area contributed by atoms with E-state index < -0.39 is 0 Å². The molecule has 1 fully saturated rings. The summed E-state index contributed by atoms with van der Waals surface area (Å²) in [6, 6.07) is 11.6. The number of anilines is 1. The van der Waals surface area contributed by atoms with Gasteiger partial charge in [-0.15, -0.1) is 10.2 Å². The number of ether oxygens (including phenoxy) is 1. The van der Waals surface area contributed by atoms with E-state index in [-0.39, 0.29) is 17.8 Å². The third-order valence-corrected chi connectivity index (χ3v) is 5.35. The average molecular weight is 399 g/mol. The summed E-state index contributed by atoms with van der Waals surface area (Å²) in [6.07, 6.45) is 2.22. The molecule has 0 spiro atoms. The van der Waals surface area contributed by atoms with Crippen molar-refractivity contribution in [1.82, 2.24) is 19.9 Å². The fraction of sp³-hybridized carbons (Fsp3) is 0.368. The molecule has 1 aliphatic heterocycles. The average Bonchev–Trinajstić information content (AvgIpc) is 3.44. The predicted octanol–water partition coefficient (Wildman–Crippen LogP) is 3.15. The summed E-state index contributed by atoms with van der Waals surface area (Å²) in [7, 11) is 0. The van der Waals surface area contributed by atoms with Gasteiger partial charge in [-0.1, -0.05) is 47.3 Å². The molecule has 3 aromatic rings. The van der Waals surface area contributed by atoms with E-state index in [0.717, 1.165) is 30.8 Å². The van der Waals surface area contributed by atoms with Crippen molar-refractivity contribution >= 4 is 23.5 Å². The van der Waals surface area contributed by atoms with Crippen LogP contribution in [0.15, 0.2) is 46.1 Å². The van der Waals surface area contributed by atoms with Crippen molar-refractivity contribution in [3.63, 3.8) is 0 Å². The van der Waals surface area contributed by atoms with E-state index in [9.17, 15) is 4.79 Å². The van der Waals surface area contributed by atoms with Gasteiger partial charge in [-0.25, -0.2) is 0 Å². The minimum atomic E-state index is -0.175. The number of hydrogen-bond acceptors (Lipinski definition) is 7. The smallest absolute Gasteiger partial charge is 0.236 e. The summed E-state index contributed by atoms with van der Waals surface area (Å²) in [5.74, 6) is 1.86. The zero-order valence-electron chi connectivity index (χ0n) is 15.5. The Morgan fingerprint density at radius 3 is 2.89 bits per heavy atom. The summed E-state index contributed by atoms with van der Waals surface area (Å²) < 4.78 is 12.8. The van der Waals surface area contributed by atoms with E-state index in [0.29, 0.717) is 23.3 Å². The number of aromatic nitrogens is 4. The van der Waals surface area contributed by atoms with Crippen molar-refractivity contribution in [2.24, 2.45) is 0 Å². The van der Waals surface area contributed by atoms with Crippen LogP contribution in [0.2, 0.25) is 0 Å². The van der Waals surface area contributed by atoms with Crippen LogP contribution in [0.25, 0.3) is 11.4 Å². The standard InChI is InChI=1S/C19H21N5O3S/c1-13-10-16(23-27-13)20-17(25)12-28-19-22-21-18(14-6-3-2-4-7-14)24(19)11-15-8-5-9-26-15/h2-4,6-7,10,15H,5,8-9,11-12H2,1H3,(H,20,23,25). The molecule has 1 saturated heterocycles. The maximum Gasteiger partial charge on any atom is 0.236 e. The van der Waals surface area contributed by atoms with Crippen molar-refractivity contribution in [2.45, 2.75) is 37.6 Å². The first-order chi connectivity index (χ1) is 13.7. The number of carbonyl (C=O) groups is 1. The van der Waals surface area contributed by atoms with E-state index in [1.807, 2.05) is 34.9 Å². The lowest BCUT2D eigenvalue weighted by atomic mass is 10.2. The maximum atomic E-state index is 12.2. The van der Waals surface area contributed by atoms with Gasteiger partial charge in [-0.3, -0.25) is 9.36 Å². The van der Waals surface area contributed by atoms with Crippen molar-refractivity contribution in [3.05, 3.63) is 42.2 Å². The molecule has 1 amide bonds. The summed E-state index contributed by atoms with van der Waals surface area (Å²) in [5.41, 5.74) is 0.988. The second kappa shape index (κ2) is 8.57. The molecule has 8 nitrogen and oxygen atoms in total. The molecule has 146 valence electrons. The van der Waals surface area contributed by atoms with Gasteiger partial charge in [-0.05, 0) is 19.8 Å². The van der Waals surface area contributed by atoms with Gasteiger partial charge in [0.05, 0.1) is 18.4 Å². The van der Waals surface area contributed by atoms with Crippen LogP contribution in [0.5, 0.6) is 0 Å². The van der Waals surface area contributed by atoms with Gasteiger partial charge in [0.25, 0.3) is 0 Å². The molecule has 3 heterocycles. The maximum absolute atomic E-state index is 12.2. The first kappa shape index (κ1) is 18.7. The van der Waals surface area contributed by atoms with E-state index in [1.165, 1.54) is 11.8 Å². The Hall–Kier alpha value is -2.65. The molecule has 2 aromatic heterocycles. The van der Waals surface area contributed by atoms with E-state index in [1.54, 1.807) is 13.0 Å². The number of nitrogens with one attached hydrogen (secondary N) is 1. The Labute approximate surface area is 166 Å². The number of carbonyl (C=O) groups excluding carboxylic acids is 1. The Morgan fingerprint density at radius 2 is 2.18 bits per heavy atom. The largest absolute Gasteiger partial charge is 0.376 e. The van der Waals surface area contributed by atoms with Crippen LogP contribution in [0.3, 0.4) is 0 Å². The number of amides is 1. The Morgan fingerprint density at radius 1 is 1.32 bits per heavy atom. The highest BCUT2D eigenvalue weighted by Crippen LogP contribution is 2.26. The number of rotatable bonds is 7. The Balaban J connectivity index is 1.49.